The van der Waals surface area contributed by atoms with Crippen LogP contribution in [-0.2, 0) is 36.7 Å². The van der Waals surface area contributed by atoms with E-state index in [1.165, 1.54) is 28.0 Å². The molecule has 1 heterocycles. The topological polar surface area (TPSA) is 50.2 Å². The number of nitrogens with zero attached hydrogens (tertiary/aromatic N) is 1. The third-order valence-electron chi connectivity index (χ3n) is 9.89. The van der Waals surface area contributed by atoms with E-state index in [1.807, 2.05) is 41.5 Å². The third-order valence-corrected chi connectivity index (χ3v) is 9.89. The second-order valence-corrected chi connectivity index (χ2v) is 14.6. The first kappa shape index (κ1) is 39.4. The number of para-hydroxylation sites is 1. The Morgan fingerprint density at radius 1 is 0.826 bits per heavy atom. The maximum Gasteiger partial charge on any atom is 0.164 e. The summed E-state index contributed by atoms with van der Waals surface area (Å²) < 4.78 is 0. The quantitative estimate of drug-likeness (QED) is 0.0988. The molecular formula is C42H56IrNO2-. The molecule has 251 valence electrons. The van der Waals surface area contributed by atoms with Gasteiger partial charge in [-0.2, -0.15) is 0 Å². The molecule has 0 aliphatic carbocycles. The van der Waals surface area contributed by atoms with Crippen LogP contribution in [0, 0.1) is 22.8 Å². The van der Waals surface area contributed by atoms with Crippen LogP contribution in [0.1, 0.15) is 113 Å². The first-order valence-corrected chi connectivity index (χ1v) is 16.9. The summed E-state index contributed by atoms with van der Waals surface area (Å²) in [6.45, 7) is 23.5. The number of carbonyl (C=O) groups is 1. The number of carbonyl (C=O) groups excluding carboxylic acids is 1. The number of aliphatic hydroxyl groups excluding tert-OH is 1. The van der Waals surface area contributed by atoms with Gasteiger partial charge >= 0.3 is 0 Å². The van der Waals surface area contributed by atoms with Crippen LogP contribution in [0.15, 0.2) is 72.5 Å². The van der Waals surface area contributed by atoms with Crippen LogP contribution in [0.4, 0.5) is 0 Å². The van der Waals surface area contributed by atoms with Crippen molar-refractivity contribution < 1.29 is 30.0 Å². The van der Waals surface area contributed by atoms with E-state index in [1.54, 1.807) is 0 Å². The minimum Gasteiger partial charge on any atom is -0.512 e. The normalized spacial score (nSPS) is 12.6. The van der Waals surface area contributed by atoms with Gasteiger partial charge in [0.15, 0.2) is 5.78 Å². The number of hydrogen-bond donors (Lipinski definition) is 1. The van der Waals surface area contributed by atoms with E-state index >= 15 is 0 Å². The molecule has 0 unspecified atom stereocenters. The molecule has 0 amide bonds. The molecule has 0 saturated heterocycles. The number of pyridine rings is 1. The number of aliphatic hydroxyl groups is 1. The number of benzene rings is 3. The zero-order valence-corrected chi connectivity index (χ0v) is 32.5. The summed E-state index contributed by atoms with van der Waals surface area (Å²) in [6.07, 6.45) is 5.81. The van der Waals surface area contributed by atoms with Gasteiger partial charge in [0, 0.05) is 48.1 Å². The van der Waals surface area contributed by atoms with Crippen LogP contribution < -0.4 is 0 Å². The van der Waals surface area contributed by atoms with E-state index in [0.717, 1.165) is 54.3 Å². The minimum atomic E-state index is -0.337. The molecule has 46 heavy (non-hydrogen) atoms. The average molecular weight is 799 g/mol. The molecule has 0 fully saturated rings. The number of hydrogen-bond acceptors (Lipinski definition) is 3. The molecule has 1 radical (unpaired) electrons. The van der Waals surface area contributed by atoms with Crippen LogP contribution in [0.5, 0.6) is 0 Å². The van der Waals surface area contributed by atoms with Gasteiger partial charge in [-0.15, -0.1) is 29.1 Å². The summed E-state index contributed by atoms with van der Waals surface area (Å²) in [6, 6.07) is 25.2. The van der Waals surface area contributed by atoms with Gasteiger partial charge in [0.05, 0.1) is 5.52 Å². The monoisotopic (exact) mass is 799 g/mol. The Hall–Kier alpha value is -2.81. The molecule has 3 aromatic carbocycles. The molecule has 4 aromatic rings. The summed E-state index contributed by atoms with van der Waals surface area (Å²) in [4.78, 5) is 17.2. The Balaban J connectivity index is 0.000000356. The smallest absolute Gasteiger partial charge is 0.164 e. The Morgan fingerprint density at radius 3 is 1.91 bits per heavy atom. The van der Waals surface area contributed by atoms with Crippen LogP contribution in [0.3, 0.4) is 0 Å². The predicted octanol–water partition coefficient (Wildman–Crippen LogP) is 12.0. The number of ketones is 1. The van der Waals surface area contributed by atoms with Gasteiger partial charge in [-0.25, -0.2) is 0 Å². The first-order valence-electron chi connectivity index (χ1n) is 16.9. The summed E-state index contributed by atoms with van der Waals surface area (Å²) in [5.74, 6) is 0.887. The van der Waals surface area contributed by atoms with Crippen LogP contribution in [0.2, 0.25) is 0 Å². The summed E-state index contributed by atoms with van der Waals surface area (Å²) in [5, 5.41) is 13.8. The largest absolute Gasteiger partial charge is 0.512 e. The summed E-state index contributed by atoms with van der Waals surface area (Å²) >= 11 is 0. The molecule has 0 saturated carbocycles. The van der Waals surface area contributed by atoms with E-state index in [4.69, 9.17) is 4.98 Å². The molecular weight excluding hydrogens is 743 g/mol. The van der Waals surface area contributed by atoms with Gasteiger partial charge in [0.2, 0.25) is 0 Å². The molecule has 0 aliphatic heterocycles. The molecule has 1 N–H and O–H groups in total. The van der Waals surface area contributed by atoms with Crippen molar-refractivity contribution in [1.82, 2.24) is 4.98 Å². The molecule has 1 aromatic heterocycles. The van der Waals surface area contributed by atoms with Gasteiger partial charge in [-0.3, -0.25) is 9.78 Å². The summed E-state index contributed by atoms with van der Waals surface area (Å²) in [5.41, 5.74) is 5.33. The maximum atomic E-state index is 12.2. The zero-order valence-electron chi connectivity index (χ0n) is 30.1. The Kier molecular flexibility index (Phi) is 14.0. The number of aromatic nitrogens is 1. The fourth-order valence-corrected chi connectivity index (χ4v) is 5.67. The molecule has 0 atom stereocenters. The van der Waals surface area contributed by atoms with Crippen molar-refractivity contribution in [2.45, 2.75) is 114 Å². The van der Waals surface area contributed by atoms with Crippen molar-refractivity contribution in [2.75, 3.05) is 0 Å². The second-order valence-electron chi connectivity index (χ2n) is 14.6. The fourth-order valence-electron chi connectivity index (χ4n) is 5.67. The van der Waals surface area contributed by atoms with Crippen molar-refractivity contribution in [1.29, 1.82) is 0 Å². The number of allylic oxidation sites excluding steroid dienone is 2. The molecule has 4 rings (SSSR count). The van der Waals surface area contributed by atoms with Crippen molar-refractivity contribution in [3.8, 4) is 11.3 Å². The van der Waals surface area contributed by atoms with Gasteiger partial charge in [0.1, 0.15) is 5.76 Å². The van der Waals surface area contributed by atoms with Crippen molar-refractivity contribution in [2.24, 2.45) is 16.7 Å². The second kappa shape index (κ2) is 16.3. The van der Waals surface area contributed by atoms with E-state index < -0.39 is 0 Å². The standard InChI is InChI=1S/C27H28N.C15H28O2.Ir/c1-18(2)14-20-17-26(28-25-13-9-8-12-23(20)25)21-15-19-10-6-7-11-22(19)24(16-21)27(3,4)5;1-7-14(5,8-2)12(16)11-13(17)15(6,9-3)10-4;/h6-13,16-18H,14H2,1-5H3;11,16H,7-10H2,1-6H3;/q-1;;/b;12-11-;. The SMILES string of the molecule is CC(C)Cc1cc(-c2[c-]c3ccccc3c(C(C)(C)C)c2)nc2ccccc12.CCC(C)(CC)C(=O)/C=C(\O)C(C)(CC)CC.[Ir]. The van der Waals surface area contributed by atoms with Crippen molar-refractivity contribution in [3.63, 3.8) is 0 Å². The summed E-state index contributed by atoms with van der Waals surface area (Å²) in [7, 11) is 0. The van der Waals surface area contributed by atoms with E-state index in [0.29, 0.717) is 5.92 Å². The average Bonchev–Trinajstić information content (AvgIpc) is 3.02. The predicted molar refractivity (Wildman–Crippen MR) is 194 cm³/mol. The van der Waals surface area contributed by atoms with E-state index in [2.05, 4.69) is 101 Å². The van der Waals surface area contributed by atoms with Gasteiger partial charge < -0.3 is 5.11 Å². The van der Waals surface area contributed by atoms with Gasteiger partial charge in [0.25, 0.3) is 0 Å². The van der Waals surface area contributed by atoms with Gasteiger partial charge in [-0.05, 0) is 55.1 Å². The number of rotatable bonds is 10. The number of fused-ring (bicyclic) bond motifs is 2. The third kappa shape index (κ3) is 9.17. The molecule has 0 bridgehead atoms. The minimum absolute atomic E-state index is 0. The fraction of sp³-hybridized carbons (Fsp3) is 0.476. The zero-order chi connectivity index (χ0) is 33.6. The first-order chi connectivity index (χ1) is 21.1. The Labute approximate surface area is 292 Å². The maximum absolute atomic E-state index is 12.2. The van der Waals surface area contributed by atoms with Crippen LogP contribution in [0.25, 0.3) is 32.9 Å². The Morgan fingerprint density at radius 2 is 1.37 bits per heavy atom. The molecule has 3 nitrogen and oxygen atoms in total. The van der Waals surface area contributed by atoms with Crippen molar-refractivity contribution >= 4 is 27.5 Å². The van der Waals surface area contributed by atoms with E-state index in [9.17, 15) is 9.90 Å². The van der Waals surface area contributed by atoms with Crippen LogP contribution in [-0.4, -0.2) is 15.9 Å². The van der Waals surface area contributed by atoms with Crippen molar-refractivity contribution in [3.05, 3.63) is 89.7 Å². The van der Waals surface area contributed by atoms with E-state index in [-0.39, 0.29) is 47.9 Å². The van der Waals surface area contributed by atoms with Gasteiger partial charge in [-0.1, -0.05) is 130 Å². The molecule has 4 heteroatoms. The molecule has 0 aliphatic rings. The molecule has 0 spiro atoms. The van der Waals surface area contributed by atoms with Crippen LogP contribution >= 0.6 is 0 Å². The Bertz CT molecular complexity index is 1640.